The smallest absolute Gasteiger partial charge is 0.337 e. The molecule has 0 spiro atoms. The molecule has 3 rings (SSSR count). The van der Waals surface area contributed by atoms with Crippen LogP contribution in [0, 0.1) is 0 Å². The van der Waals surface area contributed by atoms with E-state index in [9.17, 15) is 4.79 Å². The molecule has 0 aliphatic carbocycles. The Kier molecular flexibility index (Phi) is 4.71. The molecule has 0 atom stereocenters. The van der Waals surface area contributed by atoms with E-state index in [1.165, 1.54) is 13.4 Å². The summed E-state index contributed by atoms with van der Waals surface area (Å²) in [4.78, 5) is 30.1. The van der Waals surface area contributed by atoms with E-state index in [0.29, 0.717) is 23.7 Å². The van der Waals surface area contributed by atoms with Crippen molar-refractivity contribution in [2.75, 3.05) is 12.0 Å². The number of aromatic nitrogens is 4. The highest BCUT2D eigenvalue weighted by Crippen LogP contribution is 2.22. The average Bonchev–Trinajstić information content (AvgIpc) is 2.67. The van der Waals surface area contributed by atoms with Crippen LogP contribution in [0.5, 0.6) is 0 Å². The minimum absolute atomic E-state index is 0.358. The number of esters is 1. The predicted octanol–water partition coefficient (Wildman–Crippen LogP) is 2.39. The maximum Gasteiger partial charge on any atom is 0.337 e. The van der Waals surface area contributed by atoms with Crippen LogP contribution in [-0.2, 0) is 11.3 Å². The van der Waals surface area contributed by atoms with Gasteiger partial charge in [0.25, 0.3) is 0 Å². The average molecular weight is 321 g/mol. The minimum Gasteiger partial charge on any atom is -0.465 e. The Morgan fingerprint density at radius 2 is 1.83 bits per heavy atom. The number of benzene rings is 1. The first-order chi connectivity index (χ1) is 11.8. The molecule has 7 nitrogen and oxygen atoms in total. The van der Waals surface area contributed by atoms with Gasteiger partial charge in [0.1, 0.15) is 12.1 Å². The summed E-state index contributed by atoms with van der Waals surface area (Å²) in [6.07, 6.45) is 8.08. The van der Waals surface area contributed by atoms with Gasteiger partial charge in [-0.3, -0.25) is 4.98 Å². The highest BCUT2D eigenvalue weighted by molar-refractivity contribution is 5.89. The van der Waals surface area contributed by atoms with E-state index in [1.807, 2.05) is 17.0 Å². The third-order valence-corrected chi connectivity index (χ3v) is 3.38. The molecular weight excluding hydrogens is 306 g/mol. The van der Waals surface area contributed by atoms with Gasteiger partial charge in [0.2, 0.25) is 0 Å². The normalized spacial score (nSPS) is 10.2. The Bertz CT molecular complexity index is 755. The van der Waals surface area contributed by atoms with Crippen LogP contribution in [0.2, 0.25) is 0 Å². The second-order valence-corrected chi connectivity index (χ2v) is 4.91. The van der Waals surface area contributed by atoms with Crippen molar-refractivity contribution in [1.29, 1.82) is 0 Å². The van der Waals surface area contributed by atoms with Gasteiger partial charge in [-0.1, -0.05) is 12.1 Å². The lowest BCUT2D eigenvalue weighted by atomic mass is 10.1. The summed E-state index contributed by atoms with van der Waals surface area (Å²) >= 11 is 0. The van der Waals surface area contributed by atoms with Crippen LogP contribution in [-0.4, -0.2) is 33.0 Å². The Labute approximate surface area is 139 Å². The summed E-state index contributed by atoms with van der Waals surface area (Å²) in [5, 5.41) is 0. The number of carbonyl (C=O) groups excluding carboxylic acids is 1. The number of hydrogen-bond donors (Lipinski definition) is 0. The van der Waals surface area contributed by atoms with Gasteiger partial charge in [-0.15, -0.1) is 0 Å². The number of carbonyl (C=O) groups is 1. The lowest BCUT2D eigenvalue weighted by Crippen LogP contribution is -2.19. The first kappa shape index (κ1) is 15.5. The van der Waals surface area contributed by atoms with E-state index in [2.05, 4.69) is 19.9 Å². The van der Waals surface area contributed by atoms with Crippen molar-refractivity contribution >= 4 is 17.6 Å². The van der Waals surface area contributed by atoms with Crippen LogP contribution < -0.4 is 4.90 Å². The second kappa shape index (κ2) is 7.28. The maximum atomic E-state index is 11.5. The summed E-state index contributed by atoms with van der Waals surface area (Å²) in [5.74, 6) is 1.03. The van der Waals surface area contributed by atoms with Crippen LogP contribution in [0.3, 0.4) is 0 Å². The summed E-state index contributed by atoms with van der Waals surface area (Å²) in [7, 11) is 1.36. The molecule has 2 aromatic heterocycles. The van der Waals surface area contributed by atoms with Gasteiger partial charge >= 0.3 is 5.97 Å². The molecule has 0 saturated heterocycles. The van der Waals surface area contributed by atoms with Crippen molar-refractivity contribution in [3.8, 4) is 0 Å². The molecule has 2 heterocycles. The molecule has 0 amide bonds. The first-order valence-electron chi connectivity index (χ1n) is 7.25. The second-order valence-electron chi connectivity index (χ2n) is 4.91. The molecule has 120 valence electrons. The van der Waals surface area contributed by atoms with E-state index < -0.39 is 0 Å². The number of anilines is 2. The monoisotopic (exact) mass is 321 g/mol. The molecule has 7 heteroatoms. The van der Waals surface area contributed by atoms with Gasteiger partial charge in [-0.05, 0) is 23.8 Å². The highest BCUT2D eigenvalue weighted by atomic mass is 16.5. The van der Waals surface area contributed by atoms with Crippen molar-refractivity contribution in [2.45, 2.75) is 6.54 Å². The standard InChI is InChI=1S/C17H15N5O2/c1-24-17(23)14-4-2-13(3-5-14)11-22(15-6-7-19-12-21-15)16-10-18-8-9-20-16/h2-10,12H,11H2,1H3. The zero-order valence-corrected chi connectivity index (χ0v) is 13.0. The third-order valence-electron chi connectivity index (χ3n) is 3.38. The first-order valence-corrected chi connectivity index (χ1v) is 7.25. The van der Waals surface area contributed by atoms with E-state index >= 15 is 0 Å². The number of methoxy groups -OCH3 is 1. The molecule has 0 N–H and O–H groups in total. The molecule has 0 saturated carbocycles. The zero-order valence-electron chi connectivity index (χ0n) is 13.0. The van der Waals surface area contributed by atoms with E-state index in [4.69, 9.17) is 4.74 Å². The minimum atomic E-state index is -0.358. The molecule has 0 fully saturated rings. The lowest BCUT2D eigenvalue weighted by Gasteiger charge is -2.22. The fraction of sp³-hybridized carbons (Fsp3) is 0.118. The topological polar surface area (TPSA) is 81.1 Å². The number of rotatable bonds is 5. The molecule has 0 radical (unpaired) electrons. The van der Waals surface area contributed by atoms with Crippen LogP contribution >= 0.6 is 0 Å². The van der Waals surface area contributed by atoms with Crippen LogP contribution in [0.15, 0.2) is 61.4 Å². The molecule has 0 bridgehead atoms. The van der Waals surface area contributed by atoms with Crippen molar-refractivity contribution in [3.63, 3.8) is 0 Å². The summed E-state index contributed by atoms with van der Waals surface area (Å²) < 4.78 is 4.71. The Morgan fingerprint density at radius 1 is 1.00 bits per heavy atom. The molecule has 0 aliphatic heterocycles. The van der Waals surface area contributed by atoms with Crippen molar-refractivity contribution in [2.24, 2.45) is 0 Å². The third kappa shape index (κ3) is 3.52. The van der Waals surface area contributed by atoms with E-state index in [0.717, 1.165) is 5.56 Å². The molecular formula is C17H15N5O2. The van der Waals surface area contributed by atoms with Crippen LogP contribution in [0.25, 0.3) is 0 Å². The molecule has 0 unspecified atom stereocenters. The largest absolute Gasteiger partial charge is 0.465 e. The maximum absolute atomic E-state index is 11.5. The Hall–Kier alpha value is -3.35. The van der Waals surface area contributed by atoms with Gasteiger partial charge in [-0.25, -0.2) is 19.7 Å². The zero-order chi connectivity index (χ0) is 16.8. The summed E-state index contributed by atoms with van der Waals surface area (Å²) in [5.41, 5.74) is 1.50. The number of hydrogen-bond acceptors (Lipinski definition) is 7. The molecule has 24 heavy (non-hydrogen) atoms. The van der Waals surface area contributed by atoms with E-state index in [-0.39, 0.29) is 5.97 Å². The number of ether oxygens (including phenoxy) is 1. The fourth-order valence-electron chi connectivity index (χ4n) is 2.20. The highest BCUT2D eigenvalue weighted by Gasteiger charge is 2.13. The van der Waals surface area contributed by atoms with Gasteiger partial charge in [-0.2, -0.15) is 0 Å². The van der Waals surface area contributed by atoms with Crippen molar-refractivity contribution in [3.05, 3.63) is 72.6 Å². The summed E-state index contributed by atoms with van der Waals surface area (Å²) in [6.45, 7) is 0.525. The summed E-state index contributed by atoms with van der Waals surface area (Å²) in [6, 6.07) is 9.01. The predicted molar refractivity (Wildman–Crippen MR) is 87.7 cm³/mol. The van der Waals surface area contributed by atoms with Crippen molar-refractivity contribution < 1.29 is 9.53 Å². The Morgan fingerprint density at radius 3 is 2.46 bits per heavy atom. The number of nitrogens with zero attached hydrogens (tertiary/aromatic N) is 5. The molecule has 3 aromatic rings. The fourth-order valence-corrected chi connectivity index (χ4v) is 2.20. The van der Waals surface area contributed by atoms with Gasteiger partial charge in [0, 0.05) is 18.6 Å². The van der Waals surface area contributed by atoms with Gasteiger partial charge in [0.05, 0.1) is 25.4 Å². The lowest BCUT2D eigenvalue weighted by molar-refractivity contribution is 0.0600. The quantitative estimate of drug-likeness (QED) is 0.667. The van der Waals surface area contributed by atoms with Gasteiger partial charge in [0.15, 0.2) is 5.82 Å². The SMILES string of the molecule is COC(=O)c1ccc(CN(c2ccncn2)c2cnccn2)cc1. The van der Waals surface area contributed by atoms with Gasteiger partial charge < -0.3 is 9.64 Å². The van der Waals surface area contributed by atoms with Crippen LogP contribution in [0.4, 0.5) is 11.6 Å². The van der Waals surface area contributed by atoms with E-state index in [1.54, 1.807) is 43.0 Å². The van der Waals surface area contributed by atoms with Crippen LogP contribution in [0.1, 0.15) is 15.9 Å². The van der Waals surface area contributed by atoms with Crippen molar-refractivity contribution in [1.82, 2.24) is 19.9 Å². The Balaban J connectivity index is 1.89. The molecule has 0 aliphatic rings. The molecule has 1 aromatic carbocycles.